The number of esters is 1. The molecule has 0 saturated heterocycles. The first-order valence-corrected chi connectivity index (χ1v) is 4.07. The van der Waals surface area contributed by atoms with Gasteiger partial charge in [-0.3, -0.25) is 0 Å². The first-order valence-electron chi connectivity index (χ1n) is 4.07. The topological polar surface area (TPSA) is 65.0 Å². The zero-order valence-electron chi connectivity index (χ0n) is 8.31. The molecular weight excluding hydrogens is 198 g/mol. The molecule has 0 bridgehead atoms. The highest BCUT2D eigenvalue weighted by Gasteiger charge is 2.12. The van der Waals surface area contributed by atoms with Gasteiger partial charge in [0, 0.05) is 6.07 Å². The second-order valence-electron chi connectivity index (χ2n) is 2.58. The molecule has 5 heteroatoms. The standard InChI is InChI=1S/C10H9NO4/c1-14-9-5-7(11-6-12)3-4-8(9)10(13)15-2/h3-5H,1-2H3. The Hall–Kier alpha value is -2.13. The minimum atomic E-state index is -0.506. The van der Waals surface area contributed by atoms with Crippen LogP contribution in [0.3, 0.4) is 0 Å². The van der Waals surface area contributed by atoms with Crippen molar-refractivity contribution in [3.8, 4) is 5.75 Å². The predicted molar refractivity (Wildman–Crippen MR) is 52.1 cm³/mol. The van der Waals surface area contributed by atoms with Crippen molar-refractivity contribution in [2.45, 2.75) is 0 Å². The molecule has 0 fully saturated rings. The summed E-state index contributed by atoms with van der Waals surface area (Å²) < 4.78 is 9.52. The number of hydrogen-bond acceptors (Lipinski definition) is 5. The van der Waals surface area contributed by atoms with Crippen molar-refractivity contribution >= 4 is 17.7 Å². The lowest BCUT2D eigenvalue weighted by Gasteiger charge is -2.06. The maximum absolute atomic E-state index is 11.3. The molecule has 0 aliphatic heterocycles. The van der Waals surface area contributed by atoms with Gasteiger partial charge >= 0.3 is 5.97 Å². The number of aliphatic imine (C=N–C) groups is 1. The van der Waals surface area contributed by atoms with Crippen LogP contribution in [-0.2, 0) is 9.53 Å². The molecule has 0 N–H and O–H groups in total. The van der Waals surface area contributed by atoms with E-state index in [0.29, 0.717) is 11.4 Å². The van der Waals surface area contributed by atoms with E-state index in [9.17, 15) is 9.59 Å². The number of benzene rings is 1. The Labute approximate surface area is 86.3 Å². The second-order valence-corrected chi connectivity index (χ2v) is 2.58. The number of carbonyl (C=O) groups is 1. The van der Waals surface area contributed by atoms with Gasteiger partial charge in [-0.1, -0.05) is 0 Å². The molecule has 78 valence electrons. The van der Waals surface area contributed by atoms with Crippen LogP contribution in [0.1, 0.15) is 10.4 Å². The van der Waals surface area contributed by atoms with E-state index in [2.05, 4.69) is 9.73 Å². The number of nitrogens with zero attached hydrogens (tertiary/aromatic N) is 1. The Morgan fingerprint density at radius 2 is 2.13 bits per heavy atom. The van der Waals surface area contributed by atoms with E-state index in [-0.39, 0.29) is 5.56 Å². The normalized spacial score (nSPS) is 8.93. The number of ether oxygens (including phenoxy) is 2. The van der Waals surface area contributed by atoms with Crippen molar-refractivity contribution in [2.75, 3.05) is 14.2 Å². The fourth-order valence-corrected chi connectivity index (χ4v) is 1.08. The van der Waals surface area contributed by atoms with Gasteiger partial charge in [-0.25, -0.2) is 9.59 Å². The molecule has 1 aromatic carbocycles. The van der Waals surface area contributed by atoms with Gasteiger partial charge < -0.3 is 9.47 Å². The number of carbonyl (C=O) groups excluding carboxylic acids is 2. The van der Waals surface area contributed by atoms with Gasteiger partial charge in [-0.05, 0) is 12.1 Å². The molecule has 1 rings (SSSR count). The lowest BCUT2D eigenvalue weighted by molar-refractivity contribution is 0.0597. The molecule has 0 amide bonds. The number of methoxy groups -OCH3 is 2. The maximum atomic E-state index is 11.3. The molecule has 0 aliphatic carbocycles. The van der Waals surface area contributed by atoms with E-state index in [0.717, 1.165) is 0 Å². The van der Waals surface area contributed by atoms with Crippen LogP contribution in [0.25, 0.3) is 0 Å². The minimum absolute atomic E-state index is 0.282. The summed E-state index contributed by atoms with van der Waals surface area (Å²) in [5, 5.41) is 0. The summed E-state index contributed by atoms with van der Waals surface area (Å²) in [5.41, 5.74) is 0.652. The van der Waals surface area contributed by atoms with E-state index in [1.807, 2.05) is 0 Å². The molecule has 15 heavy (non-hydrogen) atoms. The third-order valence-corrected chi connectivity index (χ3v) is 1.77. The number of rotatable bonds is 3. The minimum Gasteiger partial charge on any atom is -0.496 e. The first-order chi connectivity index (χ1) is 7.22. The first kappa shape index (κ1) is 10.9. The lowest BCUT2D eigenvalue weighted by Crippen LogP contribution is -2.03. The van der Waals surface area contributed by atoms with Crippen molar-refractivity contribution < 1.29 is 19.1 Å². The van der Waals surface area contributed by atoms with E-state index in [4.69, 9.17) is 4.74 Å². The van der Waals surface area contributed by atoms with Crippen molar-refractivity contribution in [3.05, 3.63) is 23.8 Å². The molecule has 0 radical (unpaired) electrons. The molecule has 0 saturated carbocycles. The van der Waals surface area contributed by atoms with Crippen LogP contribution >= 0.6 is 0 Å². The quantitative estimate of drug-likeness (QED) is 0.427. The zero-order chi connectivity index (χ0) is 11.3. The predicted octanol–water partition coefficient (Wildman–Crippen LogP) is 1.45. The smallest absolute Gasteiger partial charge is 0.341 e. The molecule has 0 aromatic heterocycles. The average Bonchev–Trinajstić information content (AvgIpc) is 2.28. The van der Waals surface area contributed by atoms with Gasteiger partial charge in [0.2, 0.25) is 6.08 Å². The molecule has 0 spiro atoms. The monoisotopic (exact) mass is 207 g/mol. The van der Waals surface area contributed by atoms with Crippen LogP contribution in [0.2, 0.25) is 0 Å². The van der Waals surface area contributed by atoms with Crippen LogP contribution in [0, 0.1) is 0 Å². The van der Waals surface area contributed by atoms with Crippen LogP contribution in [0.15, 0.2) is 23.2 Å². The Morgan fingerprint density at radius 1 is 1.40 bits per heavy atom. The van der Waals surface area contributed by atoms with E-state index in [1.165, 1.54) is 38.5 Å². The summed E-state index contributed by atoms with van der Waals surface area (Å²) in [4.78, 5) is 24.7. The van der Waals surface area contributed by atoms with Crippen LogP contribution < -0.4 is 4.74 Å². The largest absolute Gasteiger partial charge is 0.496 e. The van der Waals surface area contributed by atoms with Crippen molar-refractivity contribution in [2.24, 2.45) is 4.99 Å². The molecule has 5 nitrogen and oxygen atoms in total. The Balaban J connectivity index is 3.20. The maximum Gasteiger partial charge on any atom is 0.341 e. The highest BCUT2D eigenvalue weighted by Crippen LogP contribution is 2.25. The fourth-order valence-electron chi connectivity index (χ4n) is 1.08. The highest BCUT2D eigenvalue weighted by molar-refractivity contribution is 5.93. The summed E-state index contributed by atoms with van der Waals surface area (Å²) in [6, 6.07) is 4.43. The van der Waals surface area contributed by atoms with Crippen molar-refractivity contribution in [1.82, 2.24) is 0 Å². The lowest BCUT2D eigenvalue weighted by atomic mass is 10.2. The summed E-state index contributed by atoms with van der Waals surface area (Å²) in [6.45, 7) is 0. The van der Waals surface area contributed by atoms with E-state index < -0.39 is 5.97 Å². The van der Waals surface area contributed by atoms with Gasteiger partial charge in [0.1, 0.15) is 11.3 Å². The summed E-state index contributed by atoms with van der Waals surface area (Å²) >= 11 is 0. The number of hydrogen-bond donors (Lipinski definition) is 0. The summed E-state index contributed by atoms with van der Waals surface area (Å²) in [5.74, 6) is -0.202. The second kappa shape index (κ2) is 4.93. The fraction of sp³-hybridized carbons (Fsp3) is 0.200. The van der Waals surface area contributed by atoms with Crippen LogP contribution in [0.5, 0.6) is 5.75 Å². The van der Waals surface area contributed by atoms with Gasteiger partial charge in [0.25, 0.3) is 0 Å². The summed E-state index contributed by atoms with van der Waals surface area (Å²) in [6.07, 6.45) is 1.40. The van der Waals surface area contributed by atoms with Gasteiger partial charge in [-0.15, -0.1) is 0 Å². The Bertz CT molecular complexity index is 421. The zero-order valence-corrected chi connectivity index (χ0v) is 8.31. The number of isocyanates is 1. The van der Waals surface area contributed by atoms with Crippen LogP contribution in [-0.4, -0.2) is 26.3 Å². The molecule has 0 unspecified atom stereocenters. The average molecular weight is 207 g/mol. The molecule has 0 atom stereocenters. The van der Waals surface area contributed by atoms with Gasteiger partial charge in [0.15, 0.2) is 0 Å². The van der Waals surface area contributed by atoms with E-state index in [1.54, 1.807) is 0 Å². The van der Waals surface area contributed by atoms with Crippen molar-refractivity contribution in [1.29, 1.82) is 0 Å². The molecule has 0 heterocycles. The van der Waals surface area contributed by atoms with E-state index >= 15 is 0 Å². The van der Waals surface area contributed by atoms with Gasteiger partial charge in [0.05, 0.1) is 19.9 Å². The third kappa shape index (κ3) is 2.42. The Kier molecular flexibility index (Phi) is 3.60. The van der Waals surface area contributed by atoms with Crippen molar-refractivity contribution in [3.63, 3.8) is 0 Å². The van der Waals surface area contributed by atoms with Gasteiger partial charge in [-0.2, -0.15) is 4.99 Å². The Morgan fingerprint density at radius 3 is 2.67 bits per heavy atom. The molecule has 0 aliphatic rings. The molecule has 1 aromatic rings. The van der Waals surface area contributed by atoms with Crippen LogP contribution in [0.4, 0.5) is 5.69 Å². The SMILES string of the molecule is COC(=O)c1ccc(N=C=O)cc1OC. The molecular formula is C10H9NO4. The third-order valence-electron chi connectivity index (χ3n) is 1.77. The summed E-state index contributed by atoms with van der Waals surface area (Å²) in [7, 11) is 2.69. The highest BCUT2D eigenvalue weighted by atomic mass is 16.5.